The van der Waals surface area contributed by atoms with Crippen LogP contribution in [0.2, 0.25) is 10.0 Å². The van der Waals surface area contributed by atoms with Crippen molar-refractivity contribution >= 4 is 40.8 Å². The molecule has 0 saturated carbocycles. The van der Waals surface area contributed by atoms with Crippen molar-refractivity contribution in [2.24, 2.45) is 0 Å². The minimum Gasteiger partial charge on any atom is -0.497 e. The van der Waals surface area contributed by atoms with Crippen LogP contribution >= 0.6 is 23.2 Å². The maximum absolute atomic E-state index is 13.1. The second-order valence-corrected chi connectivity index (χ2v) is 10.7. The number of methoxy groups -OCH3 is 1. The highest BCUT2D eigenvalue weighted by Crippen LogP contribution is 2.44. The Morgan fingerprint density at radius 2 is 1.54 bits per heavy atom. The summed E-state index contributed by atoms with van der Waals surface area (Å²) >= 11 is 12.7. The van der Waals surface area contributed by atoms with Gasteiger partial charge in [-0.25, -0.2) is 4.98 Å². The molecule has 0 unspecified atom stereocenters. The van der Waals surface area contributed by atoms with Crippen molar-refractivity contribution in [1.82, 2.24) is 14.9 Å². The summed E-state index contributed by atoms with van der Waals surface area (Å²) in [6, 6.07) is 29.9. The topological polar surface area (TPSA) is 56.1 Å². The zero-order chi connectivity index (χ0) is 28.3. The Labute approximate surface area is 249 Å². The molecule has 0 fully saturated rings. The van der Waals surface area contributed by atoms with Crippen molar-refractivity contribution in [3.8, 4) is 28.1 Å². The Balaban J connectivity index is 1.31. The number of imidazole rings is 1. The van der Waals surface area contributed by atoms with E-state index in [4.69, 9.17) is 32.9 Å². The molecule has 0 spiro atoms. The minimum atomic E-state index is -0.100. The third-order valence-electron chi connectivity index (χ3n) is 7.22. The van der Waals surface area contributed by atoms with Crippen LogP contribution in [0.4, 0.5) is 0 Å². The van der Waals surface area contributed by atoms with Gasteiger partial charge in [-0.05, 0) is 76.2 Å². The average molecular weight is 581 g/mol. The number of hydrogen-bond donors (Lipinski definition) is 1. The highest BCUT2D eigenvalue weighted by molar-refractivity contribution is 6.36. The van der Waals surface area contributed by atoms with Gasteiger partial charge in [0, 0.05) is 23.3 Å². The highest BCUT2D eigenvalue weighted by atomic mass is 35.5. The van der Waals surface area contributed by atoms with Crippen molar-refractivity contribution in [3.63, 3.8) is 0 Å². The number of halogens is 2. The SMILES string of the molecule is COc1ccc(CCNC(=O)Cn2cc(-c3ccc(Cl)cc3Cl)nc2C=C2c3ccccc3-c3ccccc32)cc1. The molecule has 1 N–H and O–H groups in total. The Morgan fingerprint density at radius 1 is 0.878 bits per heavy atom. The summed E-state index contributed by atoms with van der Waals surface area (Å²) in [7, 11) is 1.64. The quantitative estimate of drug-likeness (QED) is 0.200. The van der Waals surface area contributed by atoms with Gasteiger partial charge in [-0.2, -0.15) is 0 Å². The lowest BCUT2D eigenvalue weighted by Crippen LogP contribution is -2.29. The molecule has 1 aliphatic carbocycles. The van der Waals surface area contributed by atoms with E-state index in [9.17, 15) is 4.79 Å². The summed E-state index contributed by atoms with van der Waals surface area (Å²) in [5.74, 6) is 1.37. The Morgan fingerprint density at radius 3 is 2.17 bits per heavy atom. The van der Waals surface area contributed by atoms with Crippen LogP contribution in [0.5, 0.6) is 5.75 Å². The molecule has 7 heteroatoms. The molecule has 1 aromatic heterocycles. The van der Waals surface area contributed by atoms with Crippen LogP contribution in [-0.4, -0.2) is 29.1 Å². The van der Waals surface area contributed by atoms with Crippen LogP contribution in [-0.2, 0) is 17.8 Å². The average Bonchev–Trinajstić information content (AvgIpc) is 3.52. The molecule has 0 saturated heterocycles. The second kappa shape index (κ2) is 11.7. The number of fused-ring (bicyclic) bond motifs is 3. The molecule has 6 rings (SSSR count). The van der Waals surface area contributed by atoms with E-state index in [1.54, 1.807) is 19.2 Å². The smallest absolute Gasteiger partial charge is 0.240 e. The van der Waals surface area contributed by atoms with Gasteiger partial charge in [0.15, 0.2) is 0 Å². The van der Waals surface area contributed by atoms with Gasteiger partial charge in [0.25, 0.3) is 0 Å². The lowest BCUT2D eigenvalue weighted by molar-refractivity contribution is -0.121. The molecule has 204 valence electrons. The van der Waals surface area contributed by atoms with E-state index >= 15 is 0 Å². The molecule has 0 bridgehead atoms. The van der Waals surface area contributed by atoms with E-state index in [0.29, 0.717) is 28.1 Å². The van der Waals surface area contributed by atoms with Crippen LogP contribution in [0.1, 0.15) is 22.5 Å². The Hall–Kier alpha value is -4.32. The fourth-order valence-electron chi connectivity index (χ4n) is 5.18. The first kappa shape index (κ1) is 26.9. The summed E-state index contributed by atoms with van der Waals surface area (Å²) in [5.41, 5.74) is 8.26. The van der Waals surface area contributed by atoms with E-state index in [1.165, 1.54) is 11.1 Å². The van der Waals surface area contributed by atoms with Crippen molar-refractivity contribution in [2.45, 2.75) is 13.0 Å². The van der Waals surface area contributed by atoms with Crippen molar-refractivity contribution in [3.05, 3.63) is 130 Å². The standard InChI is InChI=1S/C34H27Cl2N3O2/c1-41-24-13-10-22(11-14-24)16-17-37-34(40)21-39-20-32(29-15-12-23(35)18-31(29)36)38-33(39)19-30-27-8-4-2-6-25(27)26-7-3-5-9-28(26)30/h2-15,18-20H,16-17,21H2,1H3,(H,37,40). The molecule has 1 heterocycles. The number of rotatable bonds is 8. The fourth-order valence-corrected chi connectivity index (χ4v) is 5.69. The number of hydrogen-bond acceptors (Lipinski definition) is 3. The Kier molecular flexibility index (Phi) is 7.64. The van der Waals surface area contributed by atoms with Crippen LogP contribution in [0.3, 0.4) is 0 Å². The third kappa shape index (κ3) is 5.64. The van der Waals surface area contributed by atoms with Crippen LogP contribution in [0, 0.1) is 0 Å². The van der Waals surface area contributed by atoms with E-state index in [2.05, 4.69) is 47.8 Å². The first-order valence-electron chi connectivity index (χ1n) is 13.3. The summed E-state index contributed by atoms with van der Waals surface area (Å²) in [4.78, 5) is 18.0. The van der Waals surface area contributed by atoms with E-state index in [-0.39, 0.29) is 12.5 Å². The third-order valence-corrected chi connectivity index (χ3v) is 7.77. The van der Waals surface area contributed by atoms with Crippen molar-refractivity contribution < 1.29 is 9.53 Å². The van der Waals surface area contributed by atoms with Gasteiger partial charge in [-0.15, -0.1) is 0 Å². The first-order valence-corrected chi connectivity index (χ1v) is 14.1. The number of amides is 1. The summed E-state index contributed by atoms with van der Waals surface area (Å²) < 4.78 is 7.10. The zero-order valence-corrected chi connectivity index (χ0v) is 23.9. The van der Waals surface area contributed by atoms with Gasteiger partial charge in [0.05, 0.1) is 17.8 Å². The monoisotopic (exact) mass is 579 g/mol. The first-order chi connectivity index (χ1) is 20.0. The Bertz CT molecular complexity index is 1730. The maximum Gasteiger partial charge on any atom is 0.240 e. The van der Waals surface area contributed by atoms with Gasteiger partial charge in [-0.1, -0.05) is 83.9 Å². The maximum atomic E-state index is 13.1. The van der Waals surface area contributed by atoms with Crippen LogP contribution in [0.25, 0.3) is 34.0 Å². The number of benzene rings is 4. The van der Waals surface area contributed by atoms with Crippen LogP contribution < -0.4 is 10.1 Å². The molecule has 1 aliphatic rings. The lowest BCUT2D eigenvalue weighted by Gasteiger charge is -2.09. The zero-order valence-electron chi connectivity index (χ0n) is 22.4. The van der Waals surface area contributed by atoms with Gasteiger partial charge in [0.2, 0.25) is 5.91 Å². The molecule has 0 atom stereocenters. The highest BCUT2D eigenvalue weighted by Gasteiger charge is 2.23. The second-order valence-electron chi connectivity index (χ2n) is 9.83. The number of carbonyl (C=O) groups excluding carboxylic acids is 1. The number of carbonyl (C=O) groups is 1. The molecule has 0 radical (unpaired) electrons. The molecular weight excluding hydrogens is 553 g/mol. The summed E-state index contributed by atoms with van der Waals surface area (Å²) in [5, 5.41) is 4.10. The van der Waals surface area contributed by atoms with E-state index < -0.39 is 0 Å². The van der Waals surface area contributed by atoms with Gasteiger partial charge in [-0.3, -0.25) is 4.79 Å². The molecule has 4 aromatic carbocycles. The minimum absolute atomic E-state index is 0.100. The van der Waals surface area contributed by atoms with E-state index in [1.807, 2.05) is 53.2 Å². The van der Waals surface area contributed by atoms with Crippen molar-refractivity contribution in [2.75, 3.05) is 13.7 Å². The molecule has 1 amide bonds. The molecule has 5 nitrogen and oxygen atoms in total. The van der Waals surface area contributed by atoms with Gasteiger partial charge >= 0.3 is 0 Å². The van der Waals surface area contributed by atoms with Gasteiger partial charge < -0.3 is 14.6 Å². The number of aromatic nitrogens is 2. The van der Waals surface area contributed by atoms with Crippen LogP contribution in [0.15, 0.2) is 97.2 Å². The summed E-state index contributed by atoms with van der Waals surface area (Å²) in [6.45, 7) is 0.635. The van der Waals surface area contributed by atoms with Gasteiger partial charge in [0.1, 0.15) is 18.1 Å². The number of ether oxygens (including phenoxy) is 1. The molecule has 41 heavy (non-hydrogen) atoms. The normalized spacial score (nSPS) is 11.6. The predicted molar refractivity (Wildman–Crippen MR) is 166 cm³/mol. The molecular formula is C34H27Cl2N3O2. The number of nitrogens with one attached hydrogen (secondary N) is 1. The molecule has 5 aromatic rings. The van der Waals surface area contributed by atoms with Crippen molar-refractivity contribution in [1.29, 1.82) is 0 Å². The predicted octanol–water partition coefficient (Wildman–Crippen LogP) is 7.79. The fraction of sp³-hybridized carbons (Fsp3) is 0.118. The summed E-state index contributed by atoms with van der Waals surface area (Å²) in [6.07, 6.45) is 4.65. The molecule has 0 aliphatic heterocycles. The largest absolute Gasteiger partial charge is 0.497 e. The number of nitrogens with zero attached hydrogens (tertiary/aromatic N) is 2. The van der Waals surface area contributed by atoms with E-state index in [0.717, 1.165) is 40.0 Å². The lowest BCUT2D eigenvalue weighted by atomic mass is 10.0.